The highest BCUT2D eigenvalue weighted by Crippen LogP contribution is 2.38. The fourth-order valence-corrected chi connectivity index (χ4v) is 6.40. The van der Waals surface area contributed by atoms with Gasteiger partial charge in [-0.1, -0.05) is 45.0 Å². The van der Waals surface area contributed by atoms with E-state index in [0.29, 0.717) is 49.8 Å². The summed E-state index contributed by atoms with van der Waals surface area (Å²) in [6.45, 7) is 12.2. The third kappa shape index (κ3) is 8.01. The summed E-state index contributed by atoms with van der Waals surface area (Å²) in [5.41, 5.74) is 7.09. The molecule has 1 fully saturated rings. The fourth-order valence-electron chi connectivity index (χ4n) is 5.84. The van der Waals surface area contributed by atoms with Crippen LogP contribution in [0.25, 0.3) is 11.1 Å². The first-order valence-electron chi connectivity index (χ1n) is 15.6. The fraction of sp³-hybridized carbons (Fsp3) is 0.457. The molecule has 0 radical (unpaired) electrons. The number of amides is 1. The van der Waals surface area contributed by atoms with Crippen molar-refractivity contribution in [2.45, 2.75) is 45.6 Å². The summed E-state index contributed by atoms with van der Waals surface area (Å²) in [6, 6.07) is 17.8. The Labute approximate surface area is 272 Å². The van der Waals surface area contributed by atoms with E-state index in [4.69, 9.17) is 18.9 Å². The first-order chi connectivity index (χ1) is 21.8. The molecule has 0 aliphatic carbocycles. The number of sulfonamides is 1. The maximum absolute atomic E-state index is 13.8. The topological polar surface area (TPSA) is 107 Å². The largest absolute Gasteiger partial charge is 0.465 e. The molecule has 248 valence electrons. The molecule has 5 rings (SSSR count). The number of nitrogens with one attached hydrogen (secondary N) is 1. The normalized spacial score (nSPS) is 17.2. The Morgan fingerprint density at radius 2 is 1.78 bits per heavy atom. The molecule has 2 heterocycles. The van der Waals surface area contributed by atoms with Crippen molar-refractivity contribution in [2.24, 2.45) is 0 Å². The first kappa shape index (κ1) is 33.7. The molecule has 11 heteroatoms. The van der Waals surface area contributed by atoms with Crippen LogP contribution in [-0.2, 0) is 36.1 Å². The Hall–Kier alpha value is -3.64. The van der Waals surface area contributed by atoms with E-state index in [1.807, 2.05) is 12.1 Å². The number of nitrogens with zero attached hydrogens (tertiary/aromatic N) is 2. The molecule has 3 aromatic carbocycles. The molecule has 1 amide bonds. The Morgan fingerprint density at radius 1 is 1.00 bits per heavy atom. The van der Waals surface area contributed by atoms with Crippen LogP contribution in [0.15, 0.2) is 54.6 Å². The van der Waals surface area contributed by atoms with Crippen LogP contribution in [-0.4, -0.2) is 80.0 Å². The van der Waals surface area contributed by atoms with E-state index in [2.05, 4.69) is 61.6 Å². The average Bonchev–Trinajstić information content (AvgIpc) is 3.00. The summed E-state index contributed by atoms with van der Waals surface area (Å²) < 4.78 is 48.6. The molecule has 0 aromatic heterocycles. The zero-order valence-electron chi connectivity index (χ0n) is 27.6. The van der Waals surface area contributed by atoms with Crippen LogP contribution in [0.3, 0.4) is 0 Å². The van der Waals surface area contributed by atoms with E-state index in [-0.39, 0.29) is 29.9 Å². The van der Waals surface area contributed by atoms with E-state index in [1.54, 1.807) is 30.2 Å². The molecule has 1 N–H and O–H groups in total. The lowest BCUT2D eigenvalue weighted by Crippen LogP contribution is -2.41. The van der Waals surface area contributed by atoms with Crippen LogP contribution in [0.2, 0.25) is 0 Å². The molecule has 0 saturated carbocycles. The third-order valence-electron chi connectivity index (χ3n) is 8.24. The van der Waals surface area contributed by atoms with E-state index < -0.39 is 10.0 Å². The molecule has 46 heavy (non-hydrogen) atoms. The van der Waals surface area contributed by atoms with Gasteiger partial charge in [-0.2, -0.15) is 0 Å². The molecule has 2 aliphatic rings. The van der Waals surface area contributed by atoms with Gasteiger partial charge in [-0.25, -0.2) is 8.42 Å². The number of ether oxygens (including phenoxy) is 4. The van der Waals surface area contributed by atoms with Gasteiger partial charge >= 0.3 is 0 Å². The number of carbonyl (C=O) groups is 1. The van der Waals surface area contributed by atoms with Gasteiger partial charge in [0.1, 0.15) is 5.75 Å². The molecule has 0 bridgehead atoms. The van der Waals surface area contributed by atoms with Gasteiger partial charge in [-0.3, -0.25) is 9.52 Å². The van der Waals surface area contributed by atoms with Crippen molar-refractivity contribution in [1.29, 1.82) is 0 Å². The van der Waals surface area contributed by atoms with E-state index in [9.17, 15) is 13.2 Å². The second-order valence-corrected chi connectivity index (χ2v) is 14.7. The van der Waals surface area contributed by atoms with Gasteiger partial charge in [0.05, 0.1) is 37.9 Å². The molecule has 0 spiro atoms. The van der Waals surface area contributed by atoms with Crippen LogP contribution in [0, 0.1) is 0 Å². The second-order valence-electron chi connectivity index (χ2n) is 12.9. The van der Waals surface area contributed by atoms with E-state index in [0.717, 1.165) is 36.0 Å². The van der Waals surface area contributed by atoms with Crippen molar-refractivity contribution in [3.05, 3.63) is 71.3 Å². The maximum atomic E-state index is 13.8. The molecule has 1 saturated heterocycles. The summed E-state index contributed by atoms with van der Waals surface area (Å²) in [7, 11) is -2.04. The zero-order valence-corrected chi connectivity index (χ0v) is 28.4. The number of hydrogen-bond donors (Lipinski definition) is 1. The third-order valence-corrected chi connectivity index (χ3v) is 8.83. The van der Waals surface area contributed by atoms with Gasteiger partial charge in [0.25, 0.3) is 5.91 Å². The number of morpholine rings is 1. The highest BCUT2D eigenvalue weighted by Gasteiger charge is 2.28. The van der Waals surface area contributed by atoms with E-state index >= 15 is 0 Å². The molecule has 10 nitrogen and oxygen atoms in total. The van der Waals surface area contributed by atoms with Crippen molar-refractivity contribution in [3.63, 3.8) is 0 Å². The van der Waals surface area contributed by atoms with Gasteiger partial charge in [-0.15, -0.1) is 0 Å². The summed E-state index contributed by atoms with van der Waals surface area (Å²) in [4.78, 5) is 17.9. The van der Waals surface area contributed by atoms with Crippen LogP contribution in [0.4, 0.5) is 17.1 Å². The molecule has 2 aliphatic heterocycles. The molecular weight excluding hydrogens is 606 g/mol. The van der Waals surface area contributed by atoms with Gasteiger partial charge in [-0.05, 0) is 65.8 Å². The minimum atomic E-state index is -3.61. The molecule has 0 unspecified atom stereocenters. The summed E-state index contributed by atoms with van der Waals surface area (Å²) in [5.74, 6) is 0.156. The average molecular weight is 652 g/mol. The summed E-state index contributed by atoms with van der Waals surface area (Å²) in [6.07, 6.45) is 1.87. The minimum absolute atomic E-state index is 0.00970. The lowest BCUT2D eigenvalue weighted by molar-refractivity contribution is -0.00814. The standard InChI is InChI=1S/C35H45N3O7S/c1-24-22-37(15-16-44-24)32-20-27(35(2,3)4)8-11-29(32)25-7-10-30-26(19-25)13-14-38(34(30)39)28-9-12-33(45-23-43-18-17-42-5)31(21-28)36-46(6,40)41/h7-12,19-21,24,36H,13-18,22-23H2,1-6H3/t24-/m1/s1. The Bertz CT molecular complexity index is 1670. The number of rotatable bonds is 11. The predicted molar refractivity (Wildman–Crippen MR) is 182 cm³/mol. The van der Waals surface area contributed by atoms with Crippen molar-refractivity contribution in [1.82, 2.24) is 0 Å². The molecular formula is C35H45N3O7S. The van der Waals surface area contributed by atoms with Gasteiger partial charge in [0.15, 0.2) is 6.79 Å². The summed E-state index contributed by atoms with van der Waals surface area (Å²) >= 11 is 0. The monoisotopic (exact) mass is 651 g/mol. The van der Waals surface area contributed by atoms with Gasteiger partial charge < -0.3 is 28.7 Å². The number of fused-ring (bicyclic) bond motifs is 1. The lowest BCUT2D eigenvalue weighted by Gasteiger charge is -2.35. The first-order valence-corrected chi connectivity index (χ1v) is 17.5. The zero-order chi connectivity index (χ0) is 33.1. The van der Waals surface area contributed by atoms with Crippen molar-refractivity contribution < 1.29 is 32.2 Å². The second kappa shape index (κ2) is 14.0. The number of carbonyl (C=O) groups excluding carboxylic acids is 1. The Morgan fingerprint density at radius 3 is 2.50 bits per heavy atom. The highest BCUT2D eigenvalue weighted by atomic mass is 32.2. The molecule has 3 aromatic rings. The number of benzene rings is 3. The Balaban J connectivity index is 1.42. The van der Waals surface area contributed by atoms with Crippen LogP contribution >= 0.6 is 0 Å². The minimum Gasteiger partial charge on any atom is -0.465 e. The van der Waals surface area contributed by atoms with Crippen molar-refractivity contribution >= 4 is 33.0 Å². The van der Waals surface area contributed by atoms with Crippen molar-refractivity contribution in [2.75, 3.05) is 74.1 Å². The van der Waals surface area contributed by atoms with Gasteiger partial charge in [0.2, 0.25) is 10.0 Å². The maximum Gasteiger partial charge on any atom is 0.258 e. The van der Waals surface area contributed by atoms with Crippen molar-refractivity contribution in [3.8, 4) is 16.9 Å². The smallest absolute Gasteiger partial charge is 0.258 e. The quantitative estimate of drug-likeness (QED) is 0.216. The SMILES string of the molecule is COCCOCOc1ccc(N2CCc3cc(-c4ccc(C(C)(C)C)cc4N4CCO[C@H](C)C4)ccc3C2=O)cc1NS(C)(=O)=O. The van der Waals surface area contributed by atoms with Crippen LogP contribution < -0.4 is 19.3 Å². The Kier molecular flexibility index (Phi) is 10.3. The van der Waals surface area contributed by atoms with Crippen LogP contribution in [0.1, 0.15) is 49.2 Å². The molecule has 1 atom stereocenters. The van der Waals surface area contributed by atoms with Gasteiger partial charge in [0, 0.05) is 49.2 Å². The van der Waals surface area contributed by atoms with Crippen LogP contribution in [0.5, 0.6) is 5.75 Å². The predicted octanol–water partition coefficient (Wildman–Crippen LogP) is 5.45. The number of methoxy groups -OCH3 is 1. The highest BCUT2D eigenvalue weighted by molar-refractivity contribution is 7.92. The number of hydrogen-bond acceptors (Lipinski definition) is 8. The summed E-state index contributed by atoms with van der Waals surface area (Å²) in [5, 5.41) is 0. The number of anilines is 3. The lowest BCUT2D eigenvalue weighted by atomic mass is 9.84. The van der Waals surface area contributed by atoms with E-state index in [1.165, 1.54) is 11.3 Å².